The van der Waals surface area contributed by atoms with Gasteiger partial charge < -0.3 is 10.1 Å². The van der Waals surface area contributed by atoms with Crippen molar-refractivity contribution in [2.75, 3.05) is 7.11 Å². The van der Waals surface area contributed by atoms with E-state index in [1.807, 2.05) is 0 Å². The van der Waals surface area contributed by atoms with Crippen molar-refractivity contribution in [1.29, 1.82) is 0 Å². The number of hydrogen-bond donors (Lipinski definition) is 1. The second-order valence-electron chi connectivity index (χ2n) is 7.03. The average molecular weight is 308 g/mol. The zero-order chi connectivity index (χ0) is 16.0. The van der Waals surface area contributed by atoms with Crippen LogP contribution < -0.4 is 10.5 Å². The zero-order valence-corrected chi connectivity index (χ0v) is 15.2. The first-order chi connectivity index (χ1) is 9.74. The Balaban J connectivity index is 2.65. The maximum absolute atomic E-state index is 11.8. The van der Waals surface area contributed by atoms with Crippen molar-refractivity contribution in [2.45, 2.75) is 52.5 Å². The Hall–Kier alpha value is -1.13. The molecule has 0 fully saturated rings. The van der Waals surface area contributed by atoms with E-state index in [9.17, 15) is 4.79 Å². The van der Waals surface area contributed by atoms with Crippen LogP contribution in [-0.4, -0.2) is 27.2 Å². The first kappa shape index (κ1) is 17.9. The number of rotatable bonds is 7. The summed E-state index contributed by atoms with van der Waals surface area (Å²) in [7, 11) is 0.204. The first-order valence-electron chi connectivity index (χ1n) is 7.64. The van der Waals surface area contributed by atoms with Gasteiger partial charge in [-0.15, -0.1) is 0 Å². The van der Waals surface area contributed by atoms with Gasteiger partial charge in [0, 0.05) is 6.54 Å². The van der Waals surface area contributed by atoms with Gasteiger partial charge in [0.2, 0.25) is 0 Å². The molecule has 21 heavy (non-hydrogen) atoms. The average Bonchev–Trinajstić information content (AvgIpc) is 2.41. The van der Waals surface area contributed by atoms with Crippen LogP contribution in [0.2, 0.25) is 19.6 Å². The van der Waals surface area contributed by atoms with E-state index in [2.05, 4.69) is 63.1 Å². The number of hydrogen-bond acceptors (Lipinski definition) is 3. The van der Waals surface area contributed by atoms with Crippen molar-refractivity contribution in [3.05, 3.63) is 29.8 Å². The Morgan fingerprint density at radius 2 is 1.76 bits per heavy atom. The van der Waals surface area contributed by atoms with Gasteiger partial charge in [-0.05, 0) is 17.9 Å². The van der Waals surface area contributed by atoms with Crippen molar-refractivity contribution in [2.24, 2.45) is 5.92 Å². The summed E-state index contributed by atoms with van der Waals surface area (Å²) in [6.07, 6.45) is 0.791. The van der Waals surface area contributed by atoms with E-state index >= 15 is 0 Å². The zero-order valence-electron chi connectivity index (χ0n) is 14.2. The molecular formula is C17H29NO2Si. The second-order valence-corrected chi connectivity index (χ2v) is 12.1. The molecule has 118 valence electrons. The molecule has 0 aliphatic carbocycles. The van der Waals surface area contributed by atoms with Crippen LogP contribution in [-0.2, 0) is 16.1 Å². The van der Waals surface area contributed by atoms with Gasteiger partial charge in [-0.3, -0.25) is 4.79 Å². The third kappa shape index (κ3) is 6.02. The van der Waals surface area contributed by atoms with Crippen molar-refractivity contribution in [1.82, 2.24) is 5.32 Å². The maximum Gasteiger partial charge on any atom is 0.322 e. The summed E-state index contributed by atoms with van der Waals surface area (Å²) in [4.78, 5) is 11.8. The summed E-state index contributed by atoms with van der Waals surface area (Å²) in [5.74, 6) is 0.276. The minimum Gasteiger partial charge on any atom is -0.468 e. The summed E-state index contributed by atoms with van der Waals surface area (Å²) in [6.45, 7) is 11.9. The molecule has 0 saturated heterocycles. The Labute approximate surface area is 130 Å². The highest BCUT2D eigenvalue weighted by Gasteiger charge is 2.20. The highest BCUT2D eigenvalue weighted by Crippen LogP contribution is 2.09. The van der Waals surface area contributed by atoms with Crippen molar-refractivity contribution in [3.63, 3.8) is 0 Å². The van der Waals surface area contributed by atoms with Crippen molar-refractivity contribution >= 4 is 19.2 Å². The fourth-order valence-corrected chi connectivity index (χ4v) is 3.41. The highest BCUT2D eigenvalue weighted by molar-refractivity contribution is 6.88. The Morgan fingerprint density at radius 3 is 2.19 bits per heavy atom. The molecule has 0 amide bonds. The summed E-state index contributed by atoms with van der Waals surface area (Å²) in [6, 6.07) is 8.53. The van der Waals surface area contributed by atoms with Gasteiger partial charge in [-0.1, -0.05) is 62.9 Å². The molecule has 1 aromatic rings. The van der Waals surface area contributed by atoms with E-state index in [1.165, 1.54) is 17.9 Å². The van der Waals surface area contributed by atoms with E-state index in [0.717, 1.165) is 6.42 Å². The standard InChI is InChI=1S/C17H29NO2Si/c1-13(2)11-16(17(19)20-3)18-12-14-7-9-15(10-8-14)21(4,5)6/h7-10,13,16,18H,11-12H2,1-6H3. The van der Waals surface area contributed by atoms with Crippen LogP contribution in [0.3, 0.4) is 0 Å². The van der Waals surface area contributed by atoms with E-state index in [4.69, 9.17) is 4.74 Å². The lowest BCUT2D eigenvalue weighted by atomic mass is 10.0. The third-order valence-electron chi connectivity index (χ3n) is 3.57. The SMILES string of the molecule is COC(=O)C(CC(C)C)NCc1ccc([Si](C)(C)C)cc1. The highest BCUT2D eigenvalue weighted by atomic mass is 28.3. The van der Waals surface area contributed by atoms with Crippen LogP contribution in [0.25, 0.3) is 0 Å². The molecule has 0 bridgehead atoms. The lowest BCUT2D eigenvalue weighted by Gasteiger charge is -2.19. The van der Waals surface area contributed by atoms with Crippen molar-refractivity contribution in [3.8, 4) is 0 Å². The molecule has 3 nitrogen and oxygen atoms in total. The van der Waals surface area contributed by atoms with Crippen LogP contribution in [0.15, 0.2) is 24.3 Å². The van der Waals surface area contributed by atoms with Gasteiger partial charge in [-0.2, -0.15) is 0 Å². The molecule has 1 rings (SSSR count). The van der Waals surface area contributed by atoms with Gasteiger partial charge >= 0.3 is 5.97 Å². The summed E-state index contributed by atoms with van der Waals surface area (Å²) < 4.78 is 4.87. The number of esters is 1. The monoisotopic (exact) mass is 307 g/mol. The molecule has 4 heteroatoms. The van der Waals surface area contributed by atoms with Crippen LogP contribution >= 0.6 is 0 Å². The Morgan fingerprint density at radius 1 is 1.19 bits per heavy atom. The first-order valence-corrected chi connectivity index (χ1v) is 11.1. The van der Waals surface area contributed by atoms with Gasteiger partial charge in [-0.25, -0.2) is 0 Å². The fraction of sp³-hybridized carbons (Fsp3) is 0.588. The summed E-state index contributed by atoms with van der Waals surface area (Å²) in [5, 5.41) is 4.77. The molecule has 1 atom stereocenters. The lowest BCUT2D eigenvalue weighted by Crippen LogP contribution is -2.39. The van der Waals surface area contributed by atoms with E-state index in [-0.39, 0.29) is 12.0 Å². The third-order valence-corrected chi connectivity index (χ3v) is 5.63. The van der Waals surface area contributed by atoms with E-state index in [1.54, 1.807) is 0 Å². The van der Waals surface area contributed by atoms with E-state index < -0.39 is 8.07 Å². The second kappa shape index (κ2) is 7.76. The van der Waals surface area contributed by atoms with Crippen LogP contribution in [0.5, 0.6) is 0 Å². The largest absolute Gasteiger partial charge is 0.468 e. The van der Waals surface area contributed by atoms with Gasteiger partial charge in [0.05, 0.1) is 15.2 Å². The fourth-order valence-electron chi connectivity index (χ4n) is 2.24. The predicted octanol–water partition coefficient (Wildman–Crippen LogP) is 2.91. The normalized spacial score (nSPS) is 13.3. The maximum atomic E-state index is 11.8. The minimum absolute atomic E-state index is 0.178. The molecule has 0 aliphatic heterocycles. The number of benzene rings is 1. The molecule has 0 saturated carbocycles. The van der Waals surface area contributed by atoms with Crippen LogP contribution in [0.1, 0.15) is 25.8 Å². The summed E-state index contributed by atoms with van der Waals surface area (Å²) in [5.41, 5.74) is 1.20. The summed E-state index contributed by atoms with van der Waals surface area (Å²) >= 11 is 0. The molecular weight excluding hydrogens is 278 g/mol. The molecule has 0 spiro atoms. The number of ether oxygens (including phenoxy) is 1. The molecule has 0 heterocycles. The molecule has 1 aromatic carbocycles. The quantitative estimate of drug-likeness (QED) is 0.622. The molecule has 1 unspecified atom stereocenters. The number of nitrogens with one attached hydrogen (secondary N) is 1. The Bertz CT molecular complexity index is 449. The smallest absolute Gasteiger partial charge is 0.322 e. The molecule has 0 aliphatic rings. The number of carbonyl (C=O) groups is 1. The lowest BCUT2D eigenvalue weighted by molar-refractivity contribution is -0.143. The molecule has 0 radical (unpaired) electrons. The van der Waals surface area contributed by atoms with Gasteiger partial charge in [0.1, 0.15) is 6.04 Å². The van der Waals surface area contributed by atoms with Gasteiger partial charge in [0.25, 0.3) is 0 Å². The Kier molecular flexibility index (Phi) is 6.62. The molecule has 1 N–H and O–H groups in total. The van der Waals surface area contributed by atoms with Crippen LogP contribution in [0.4, 0.5) is 0 Å². The molecule has 0 aromatic heterocycles. The predicted molar refractivity (Wildman–Crippen MR) is 91.5 cm³/mol. The topological polar surface area (TPSA) is 38.3 Å². The van der Waals surface area contributed by atoms with E-state index in [0.29, 0.717) is 12.5 Å². The minimum atomic E-state index is -1.24. The number of carbonyl (C=O) groups excluding carboxylic acids is 1. The van der Waals surface area contributed by atoms with Crippen LogP contribution in [0, 0.1) is 5.92 Å². The van der Waals surface area contributed by atoms with Gasteiger partial charge in [0.15, 0.2) is 0 Å². The number of methoxy groups -OCH3 is 1. The van der Waals surface area contributed by atoms with Crippen molar-refractivity contribution < 1.29 is 9.53 Å².